The van der Waals surface area contributed by atoms with E-state index in [9.17, 15) is 13.2 Å². The Morgan fingerprint density at radius 3 is 2.33 bits per heavy atom. The summed E-state index contributed by atoms with van der Waals surface area (Å²) in [5, 5.41) is 2.80. The van der Waals surface area contributed by atoms with Gasteiger partial charge in [-0.3, -0.25) is 9.10 Å². The van der Waals surface area contributed by atoms with Crippen LogP contribution in [0.5, 0.6) is 5.75 Å². The molecule has 0 aliphatic rings. The van der Waals surface area contributed by atoms with Crippen LogP contribution in [-0.2, 0) is 21.4 Å². The van der Waals surface area contributed by atoms with Crippen LogP contribution in [0.1, 0.15) is 26.3 Å². The molecule has 1 atom stereocenters. The minimum Gasteiger partial charge on any atom is -0.491 e. The number of benzene rings is 2. The second-order valence-electron chi connectivity index (χ2n) is 6.60. The molecule has 2 rings (SSSR count). The van der Waals surface area contributed by atoms with Crippen LogP contribution in [-0.4, -0.2) is 32.7 Å². The van der Waals surface area contributed by atoms with Gasteiger partial charge >= 0.3 is 0 Å². The number of hydrogen-bond acceptors (Lipinski definition) is 4. The fraction of sp³-hybridized carbons (Fsp3) is 0.350. The predicted octanol–water partition coefficient (Wildman–Crippen LogP) is 2.94. The summed E-state index contributed by atoms with van der Waals surface area (Å²) in [6.07, 6.45) is 1.15. The zero-order chi connectivity index (χ0) is 20.0. The van der Waals surface area contributed by atoms with Gasteiger partial charge in [0.25, 0.3) is 0 Å². The normalized spacial score (nSPS) is 12.5. The lowest BCUT2D eigenvalue weighted by molar-refractivity contribution is -0.122. The van der Waals surface area contributed by atoms with Crippen LogP contribution in [0.4, 0.5) is 5.69 Å². The molecule has 27 heavy (non-hydrogen) atoms. The number of hydrogen-bond donors (Lipinski definition) is 1. The molecule has 1 N–H and O–H groups in total. The second-order valence-corrected chi connectivity index (χ2v) is 8.46. The molecule has 2 aromatic carbocycles. The lowest BCUT2D eigenvalue weighted by atomic mass is 10.2. The molecule has 0 aliphatic heterocycles. The van der Waals surface area contributed by atoms with Crippen LogP contribution in [0.15, 0.2) is 54.6 Å². The highest BCUT2D eigenvalue weighted by Crippen LogP contribution is 2.20. The van der Waals surface area contributed by atoms with Crippen molar-refractivity contribution in [3.63, 3.8) is 0 Å². The van der Waals surface area contributed by atoms with Gasteiger partial charge in [0, 0.05) is 6.54 Å². The van der Waals surface area contributed by atoms with E-state index in [1.54, 1.807) is 37.3 Å². The van der Waals surface area contributed by atoms with Gasteiger partial charge in [-0.25, -0.2) is 8.42 Å². The number of ether oxygens (including phenoxy) is 1. The van der Waals surface area contributed by atoms with E-state index in [1.165, 1.54) is 0 Å². The largest absolute Gasteiger partial charge is 0.491 e. The van der Waals surface area contributed by atoms with E-state index >= 15 is 0 Å². The average molecular weight is 391 g/mol. The molecule has 6 nitrogen and oxygen atoms in total. The molecule has 146 valence electrons. The molecule has 7 heteroatoms. The third-order valence-electron chi connectivity index (χ3n) is 3.84. The Kier molecular flexibility index (Phi) is 6.85. The number of rotatable bonds is 8. The van der Waals surface area contributed by atoms with Crippen molar-refractivity contribution in [3.05, 3.63) is 60.2 Å². The zero-order valence-corrected chi connectivity index (χ0v) is 16.9. The van der Waals surface area contributed by atoms with Crippen molar-refractivity contribution in [2.24, 2.45) is 0 Å². The van der Waals surface area contributed by atoms with Crippen molar-refractivity contribution in [1.82, 2.24) is 5.32 Å². The van der Waals surface area contributed by atoms with E-state index < -0.39 is 16.1 Å². The first-order chi connectivity index (χ1) is 12.7. The third kappa shape index (κ3) is 5.99. The number of amides is 1. The van der Waals surface area contributed by atoms with Crippen LogP contribution in [0.2, 0.25) is 0 Å². The Balaban J connectivity index is 2.10. The van der Waals surface area contributed by atoms with Crippen molar-refractivity contribution >= 4 is 21.6 Å². The molecule has 1 amide bonds. The highest BCUT2D eigenvalue weighted by Gasteiger charge is 2.28. The molecule has 0 saturated carbocycles. The molecule has 0 aromatic heterocycles. The number of para-hydroxylation sites is 1. The number of nitrogens with zero attached hydrogens (tertiary/aromatic N) is 1. The van der Waals surface area contributed by atoms with Gasteiger partial charge in [-0.2, -0.15) is 0 Å². The van der Waals surface area contributed by atoms with Crippen molar-refractivity contribution in [2.75, 3.05) is 10.6 Å². The fourth-order valence-electron chi connectivity index (χ4n) is 2.72. The highest BCUT2D eigenvalue weighted by atomic mass is 32.2. The Morgan fingerprint density at radius 2 is 1.74 bits per heavy atom. The molecule has 0 heterocycles. The van der Waals surface area contributed by atoms with Gasteiger partial charge in [-0.05, 0) is 50.6 Å². The molecular weight excluding hydrogens is 364 g/mol. The lowest BCUT2D eigenvalue weighted by Gasteiger charge is -2.28. The maximum absolute atomic E-state index is 12.6. The monoisotopic (exact) mass is 390 g/mol. The maximum atomic E-state index is 12.6. The summed E-state index contributed by atoms with van der Waals surface area (Å²) in [7, 11) is -3.61. The third-order valence-corrected chi connectivity index (χ3v) is 5.08. The standard InChI is InChI=1S/C20H26N2O4S/c1-15(2)26-19-12-8-9-17(13-19)14-21-20(23)16(3)22(27(4,24)25)18-10-6-5-7-11-18/h5-13,15-16H,14H2,1-4H3,(H,21,23)/t16-/m0/s1. The number of nitrogens with one attached hydrogen (secondary N) is 1. The first-order valence-electron chi connectivity index (χ1n) is 8.76. The van der Waals surface area contributed by atoms with Crippen LogP contribution in [0.25, 0.3) is 0 Å². The SMILES string of the molecule is CC(C)Oc1cccc(CNC(=O)[C@H](C)N(c2ccccc2)S(C)(=O)=O)c1. The van der Waals surface area contributed by atoms with E-state index in [-0.39, 0.29) is 18.6 Å². The fourth-order valence-corrected chi connectivity index (χ4v) is 3.90. The summed E-state index contributed by atoms with van der Waals surface area (Å²) < 4.78 is 31.2. The van der Waals surface area contributed by atoms with Crippen LogP contribution >= 0.6 is 0 Å². The van der Waals surface area contributed by atoms with Gasteiger partial charge < -0.3 is 10.1 Å². The highest BCUT2D eigenvalue weighted by molar-refractivity contribution is 7.92. The number of carbonyl (C=O) groups excluding carboxylic acids is 1. The average Bonchev–Trinajstić information content (AvgIpc) is 2.59. The lowest BCUT2D eigenvalue weighted by Crippen LogP contribution is -2.47. The maximum Gasteiger partial charge on any atom is 0.243 e. The van der Waals surface area contributed by atoms with Crippen LogP contribution in [0, 0.1) is 0 Å². The van der Waals surface area contributed by atoms with Crippen LogP contribution in [0.3, 0.4) is 0 Å². The van der Waals surface area contributed by atoms with Crippen molar-refractivity contribution < 1.29 is 17.9 Å². The Labute approximate surface area is 161 Å². The van der Waals surface area contributed by atoms with Crippen molar-refractivity contribution in [3.8, 4) is 5.75 Å². The summed E-state index contributed by atoms with van der Waals surface area (Å²) in [6.45, 7) is 5.74. The van der Waals surface area contributed by atoms with E-state index in [2.05, 4.69) is 5.32 Å². The van der Waals surface area contributed by atoms with Gasteiger partial charge in [0.1, 0.15) is 11.8 Å². The molecule has 0 spiro atoms. The number of carbonyl (C=O) groups is 1. The van der Waals surface area contributed by atoms with E-state index in [1.807, 2.05) is 38.1 Å². The predicted molar refractivity (Wildman–Crippen MR) is 107 cm³/mol. The number of sulfonamides is 1. The molecule has 0 bridgehead atoms. The summed E-state index contributed by atoms with van der Waals surface area (Å²) in [6, 6.07) is 15.2. The Hall–Kier alpha value is -2.54. The molecular formula is C20H26N2O4S. The van der Waals surface area contributed by atoms with Crippen molar-refractivity contribution in [2.45, 2.75) is 39.5 Å². The summed E-state index contributed by atoms with van der Waals surface area (Å²) >= 11 is 0. The molecule has 0 radical (unpaired) electrons. The van der Waals surface area contributed by atoms with Gasteiger partial charge in [0.05, 0.1) is 18.0 Å². The zero-order valence-electron chi connectivity index (χ0n) is 16.0. The first kappa shape index (κ1) is 20.8. The van der Waals surface area contributed by atoms with Gasteiger partial charge in [0.2, 0.25) is 15.9 Å². The summed E-state index contributed by atoms with van der Waals surface area (Å²) in [5.41, 5.74) is 1.33. The second kappa shape index (κ2) is 8.90. The van der Waals surface area contributed by atoms with Gasteiger partial charge in [-0.15, -0.1) is 0 Å². The molecule has 2 aromatic rings. The van der Waals surface area contributed by atoms with Crippen molar-refractivity contribution in [1.29, 1.82) is 0 Å². The molecule has 0 aliphatic carbocycles. The molecule has 0 saturated heterocycles. The minimum absolute atomic E-state index is 0.0593. The van der Waals surface area contributed by atoms with Gasteiger partial charge in [-0.1, -0.05) is 30.3 Å². The summed E-state index contributed by atoms with van der Waals surface area (Å²) in [4.78, 5) is 12.6. The minimum atomic E-state index is -3.61. The molecule has 0 unspecified atom stereocenters. The van der Waals surface area contributed by atoms with E-state index in [4.69, 9.17) is 4.74 Å². The Bertz CT molecular complexity index is 867. The van der Waals surface area contributed by atoms with E-state index in [0.717, 1.165) is 21.9 Å². The topological polar surface area (TPSA) is 75.7 Å². The molecule has 0 fully saturated rings. The number of anilines is 1. The Morgan fingerprint density at radius 1 is 1.07 bits per heavy atom. The van der Waals surface area contributed by atoms with Gasteiger partial charge in [0.15, 0.2) is 0 Å². The summed E-state index contributed by atoms with van der Waals surface area (Å²) in [5.74, 6) is 0.353. The van der Waals surface area contributed by atoms with Crippen LogP contribution < -0.4 is 14.4 Å². The van der Waals surface area contributed by atoms with E-state index in [0.29, 0.717) is 5.69 Å². The smallest absolute Gasteiger partial charge is 0.243 e. The first-order valence-corrected chi connectivity index (χ1v) is 10.6. The quantitative estimate of drug-likeness (QED) is 0.752.